The molecule has 0 N–H and O–H groups in total. The molecule has 1 aromatic carbocycles. The number of ketones is 2. The third-order valence-corrected chi connectivity index (χ3v) is 4.29. The summed E-state index contributed by atoms with van der Waals surface area (Å²) in [5, 5.41) is 1.98. The summed E-state index contributed by atoms with van der Waals surface area (Å²) in [6.07, 6.45) is 0.544. The van der Waals surface area contributed by atoms with E-state index in [-0.39, 0.29) is 11.6 Å². The van der Waals surface area contributed by atoms with Crippen molar-refractivity contribution in [2.24, 2.45) is 0 Å². The highest BCUT2D eigenvalue weighted by molar-refractivity contribution is 7.09. The molecule has 19 heavy (non-hydrogen) atoms. The number of thiophene rings is 1. The van der Waals surface area contributed by atoms with Crippen LogP contribution in [-0.4, -0.2) is 11.6 Å². The molecule has 0 unspecified atom stereocenters. The van der Waals surface area contributed by atoms with Gasteiger partial charge >= 0.3 is 0 Å². The normalized spacial score (nSPS) is 14.8. The predicted octanol–water partition coefficient (Wildman–Crippen LogP) is 3.69. The minimum atomic E-state index is -0.0262. The Morgan fingerprint density at radius 2 is 1.63 bits per heavy atom. The minimum Gasteiger partial charge on any atom is -0.289 e. The summed E-state index contributed by atoms with van der Waals surface area (Å²) in [6.45, 7) is 1.75. The van der Waals surface area contributed by atoms with E-state index in [1.807, 2.05) is 17.5 Å². The number of benzene rings is 1. The third-order valence-electron chi connectivity index (χ3n) is 3.41. The fourth-order valence-electron chi connectivity index (χ4n) is 2.35. The zero-order chi connectivity index (χ0) is 13.4. The molecule has 2 aromatic rings. The van der Waals surface area contributed by atoms with E-state index >= 15 is 0 Å². The second-order valence-electron chi connectivity index (χ2n) is 4.56. The van der Waals surface area contributed by atoms with Crippen LogP contribution in [0.4, 0.5) is 0 Å². The van der Waals surface area contributed by atoms with Crippen LogP contribution in [-0.2, 0) is 6.42 Å². The molecular formula is C16H12O2S. The van der Waals surface area contributed by atoms with Gasteiger partial charge in [0.2, 0.25) is 0 Å². The number of carbonyl (C=O) groups is 2. The molecule has 2 nitrogen and oxygen atoms in total. The summed E-state index contributed by atoms with van der Waals surface area (Å²) in [6, 6.07) is 11.0. The van der Waals surface area contributed by atoms with Crippen LogP contribution in [0.15, 0.2) is 52.9 Å². The van der Waals surface area contributed by atoms with Gasteiger partial charge in [-0.05, 0) is 18.4 Å². The average Bonchev–Trinajstić information content (AvgIpc) is 2.94. The van der Waals surface area contributed by atoms with Crippen LogP contribution >= 0.6 is 11.3 Å². The van der Waals surface area contributed by atoms with Crippen molar-refractivity contribution in [2.75, 3.05) is 0 Å². The smallest absolute Gasteiger partial charge is 0.190 e. The quantitative estimate of drug-likeness (QED) is 0.832. The summed E-state index contributed by atoms with van der Waals surface area (Å²) in [5.41, 5.74) is 2.27. The first-order valence-electron chi connectivity index (χ1n) is 6.09. The monoisotopic (exact) mass is 268 g/mol. The van der Waals surface area contributed by atoms with Crippen molar-refractivity contribution >= 4 is 22.9 Å². The fraction of sp³-hybridized carbons (Fsp3) is 0.125. The Kier molecular flexibility index (Phi) is 2.91. The SMILES string of the molecule is CC1=C(Cc2cccs2)C(=O)c2ccccc2C1=O. The number of rotatable bonds is 2. The van der Waals surface area contributed by atoms with Gasteiger partial charge in [-0.1, -0.05) is 30.3 Å². The molecule has 0 spiro atoms. The number of Topliss-reactive ketones (excluding diaryl/α,β-unsaturated/α-hetero) is 2. The van der Waals surface area contributed by atoms with Gasteiger partial charge in [-0.2, -0.15) is 0 Å². The maximum Gasteiger partial charge on any atom is 0.190 e. The van der Waals surface area contributed by atoms with Crippen molar-refractivity contribution in [3.63, 3.8) is 0 Å². The maximum atomic E-state index is 12.5. The van der Waals surface area contributed by atoms with E-state index in [4.69, 9.17) is 0 Å². The standard InChI is InChI=1S/C16H12O2S/c1-10-14(9-11-5-4-8-19-11)16(18)13-7-3-2-6-12(13)15(10)17/h2-8H,9H2,1H3. The van der Waals surface area contributed by atoms with Gasteiger partial charge in [-0.3, -0.25) is 9.59 Å². The molecule has 3 heteroatoms. The predicted molar refractivity (Wildman–Crippen MR) is 75.8 cm³/mol. The Balaban J connectivity index is 2.08. The van der Waals surface area contributed by atoms with E-state index in [1.165, 1.54) is 0 Å². The van der Waals surface area contributed by atoms with Crippen molar-refractivity contribution in [1.29, 1.82) is 0 Å². The van der Waals surface area contributed by atoms with Crippen LogP contribution in [0, 0.1) is 0 Å². The second-order valence-corrected chi connectivity index (χ2v) is 5.60. The molecule has 0 saturated heterocycles. The molecule has 1 aromatic heterocycles. The van der Waals surface area contributed by atoms with Gasteiger partial charge in [0.15, 0.2) is 11.6 Å². The Morgan fingerprint density at radius 1 is 0.947 bits per heavy atom. The Bertz CT molecular complexity index is 693. The van der Waals surface area contributed by atoms with Crippen molar-refractivity contribution in [3.8, 4) is 0 Å². The number of carbonyl (C=O) groups excluding carboxylic acids is 2. The van der Waals surface area contributed by atoms with Gasteiger partial charge in [0.25, 0.3) is 0 Å². The van der Waals surface area contributed by atoms with E-state index in [0.717, 1.165) is 4.88 Å². The van der Waals surface area contributed by atoms with E-state index in [0.29, 0.717) is 28.7 Å². The summed E-state index contributed by atoms with van der Waals surface area (Å²) >= 11 is 1.61. The van der Waals surface area contributed by atoms with E-state index in [2.05, 4.69) is 0 Å². The molecule has 0 bridgehead atoms. The van der Waals surface area contributed by atoms with Crippen LogP contribution in [0.25, 0.3) is 0 Å². The van der Waals surface area contributed by atoms with Crippen molar-refractivity contribution in [1.82, 2.24) is 0 Å². The molecule has 1 aliphatic rings. The van der Waals surface area contributed by atoms with Gasteiger partial charge in [-0.15, -0.1) is 11.3 Å². The largest absolute Gasteiger partial charge is 0.289 e. The number of hydrogen-bond acceptors (Lipinski definition) is 3. The topological polar surface area (TPSA) is 34.1 Å². The highest BCUT2D eigenvalue weighted by Gasteiger charge is 2.29. The van der Waals surface area contributed by atoms with E-state index < -0.39 is 0 Å². The van der Waals surface area contributed by atoms with Crippen molar-refractivity contribution in [2.45, 2.75) is 13.3 Å². The van der Waals surface area contributed by atoms with Gasteiger partial charge in [0.1, 0.15) is 0 Å². The summed E-state index contributed by atoms with van der Waals surface area (Å²) < 4.78 is 0. The van der Waals surface area contributed by atoms with Crippen LogP contribution in [0.1, 0.15) is 32.5 Å². The van der Waals surface area contributed by atoms with Crippen LogP contribution in [0.5, 0.6) is 0 Å². The molecule has 3 rings (SSSR count). The Labute approximate surface area is 115 Å². The fourth-order valence-corrected chi connectivity index (χ4v) is 3.07. The highest BCUT2D eigenvalue weighted by Crippen LogP contribution is 2.29. The second kappa shape index (κ2) is 4.59. The molecule has 0 amide bonds. The molecule has 0 atom stereocenters. The molecule has 0 aliphatic heterocycles. The lowest BCUT2D eigenvalue weighted by atomic mass is 9.83. The molecule has 1 heterocycles. The van der Waals surface area contributed by atoms with Crippen LogP contribution in [0.2, 0.25) is 0 Å². The zero-order valence-corrected chi connectivity index (χ0v) is 11.3. The van der Waals surface area contributed by atoms with Crippen LogP contribution in [0.3, 0.4) is 0 Å². The van der Waals surface area contributed by atoms with Gasteiger partial charge in [0, 0.05) is 33.6 Å². The number of fused-ring (bicyclic) bond motifs is 1. The number of hydrogen-bond donors (Lipinski definition) is 0. The molecule has 0 radical (unpaired) electrons. The van der Waals surface area contributed by atoms with Gasteiger partial charge < -0.3 is 0 Å². The lowest BCUT2D eigenvalue weighted by Gasteiger charge is -2.18. The average molecular weight is 268 g/mol. The molecule has 0 saturated carbocycles. The molecular weight excluding hydrogens is 256 g/mol. The van der Waals surface area contributed by atoms with E-state index in [1.54, 1.807) is 42.5 Å². The summed E-state index contributed by atoms with van der Waals surface area (Å²) in [5.74, 6) is -0.0390. The third kappa shape index (κ3) is 1.96. The zero-order valence-electron chi connectivity index (χ0n) is 10.5. The first kappa shape index (κ1) is 12.1. The molecule has 1 aliphatic carbocycles. The molecule has 0 fully saturated rings. The Hall–Kier alpha value is -2.00. The minimum absolute atomic E-state index is 0.0129. The lowest BCUT2D eigenvalue weighted by Crippen LogP contribution is -2.21. The van der Waals surface area contributed by atoms with Gasteiger partial charge in [-0.25, -0.2) is 0 Å². The summed E-state index contributed by atoms with van der Waals surface area (Å²) in [7, 11) is 0. The molecule has 94 valence electrons. The first-order chi connectivity index (χ1) is 9.18. The van der Waals surface area contributed by atoms with Crippen molar-refractivity contribution < 1.29 is 9.59 Å². The van der Waals surface area contributed by atoms with Gasteiger partial charge in [0.05, 0.1) is 0 Å². The van der Waals surface area contributed by atoms with Crippen molar-refractivity contribution in [3.05, 3.63) is 68.9 Å². The lowest BCUT2D eigenvalue weighted by molar-refractivity contribution is 0.0973. The summed E-state index contributed by atoms with van der Waals surface area (Å²) in [4.78, 5) is 25.9. The number of allylic oxidation sites excluding steroid dienone is 2. The maximum absolute atomic E-state index is 12.5. The first-order valence-corrected chi connectivity index (χ1v) is 6.97. The van der Waals surface area contributed by atoms with Crippen LogP contribution < -0.4 is 0 Å². The highest BCUT2D eigenvalue weighted by atomic mass is 32.1. The van der Waals surface area contributed by atoms with E-state index in [9.17, 15) is 9.59 Å². The Morgan fingerprint density at radius 3 is 2.26 bits per heavy atom.